The van der Waals surface area contributed by atoms with E-state index in [9.17, 15) is 0 Å². The lowest BCUT2D eigenvalue weighted by Gasteiger charge is -1.59. The minimum atomic E-state index is -1.43. The van der Waals surface area contributed by atoms with Crippen LogP contribution in [0.3, 0.4) is 0 Å². The molecule has 0 atom stereocenters. The predicted molar refractivity (Wildman–Crippen MR) is 31.0 cm³/mol. The number of hydrogen-bond donors (Lipinski definition) is 2. The zero-order valence-corrected chi connectivity index (χ0v) is 5.18. The normalized spacial score (nSPS) is 5.82. The van der Waals surface area contributed by atoms with Crippen LogP contribution in [-0.4, -0.2) is 40.2 Å². The Morgan fingerprint density at radius 3 is 1.00 bits per heavy atom. The summed E-state index contributed by atoms with van der Waals surface area (Å²) in [6, 6.07) is 0. The van der Waals surface area contributed by atoms with Gasteiger partial charge in [0.1, 0.15) is 0 Å². The first kappa shape index (κ1) is 16.1. The lowest BCUT2D eigenvalue weighted by atomic mass is 10.8. The summed E-state index contributed by atoms with van der Waals surface area (Å²) in [6.45, 7) is 0. The van der Waals surface area contributed by atoms with Crippen LogP contribution in [0.2, 0.25) is 0 Å². The molecule has 0 unspecified atom stereocenters. The Morgan fingerprint density at radius 2 is 1.00 bits per heavy atom. The van der Waals surface area contributed by atoms with Crippen LogP contribution >= 0.6 is 0 Å². The minimum absolute atomic E-state index is 0. The van der Waals surface area contributed by atoms with Gasteiger partial charge in [-0.1, -0.05) is 0 Å². The van der Waals surface area contributed by atoms with Crippen molar-refractivity contribution in [1.82, 2.24) is 0 Å². The molecular formula is C4H6O7. The minimum Gasteiger partial charge on any atom is -0.476 e. The second-order valence-corrected chi connectivity index (χ2v) is 0.912. The third kappa shape index (κ3) is 63.9. The summed E-state index contributed by atoms with van der Waals surface area (Å²) in [7, 11) is 0. The fourth-order valence-corrected chi connectivity index (χ4v) is 0. The van der Waals surface area contributed by atoms with E-state index >= 15 is 0 Å². The lowest BCUT2D eigenvalue weighted by molar-refractivity contribution is -0.143. The molecule has 0 saturated heterocycles. The topological polar surface area (TPSA) is 140 Å². The van der Waals surface area contributed by atoms with Gasteiger partial charge in [0.05, 0.1) is 0 Å². The Kier molecular flexibility index (Phi) is 16.2. The maximum absolute atomic E-state index is 9.00. The van der Waals surface area contributed by atoms with Crippen molar-refractivity contribution >= 4 is 24.5 Å². The van der Waals surface area contributed by atoms with Crippen molar-refractivity contribution in [1.29, 1.82) is 0 Å². The third-order valence-electron chi connectivity index (χ3n) is 0.202. The first-order chi connectivity index (χ1) is 4.54. The molecule has 11 heavy (non-hydrogen) atoms. The average Bonchev–Trinajstić information content (AvgIpc) is 1.89. The van der Waals surface area contributed by atoms with E-state index in [2.05, 4.69) is 0 Å². The van der Waals surface area contributed by atoms with Gasteiger partial charge in [-0.3, -0.25) is 9.59 Å². The van der Waals surface area contributed by atoms with E-state index in [-0.39, 0.29) is 18.0 Å². The highest BCUT2D eigenvalue weighted by molar-refractivity contribution is 6.19. The van der Waals surface area contributed by atoms with Gasteiger partial charge in [-0.05, 0) is 0 Å². The molecule has 0 aromatic heterocycles. The lowest BCUT2D eigenvalue weighted by Crippen LogP contribution is -1.91. The first-order valence-electron chi connectivity index (χ1n) is 1.90. The number of rotatable bonds is 2. The van der Waals surface area contributed by atoms with Crippen LogP contribution in [0.5, 0.6) is 0 Å². The Labute approximate surface area is 60.6 Å². The first-order valence-corrected chi connectivity index (χ1v) is 1.90. The van der Waals surface area contributed by atoms with E-state index < -0.39 is 11.9 Å². The van der Waals surface area contributed by atoms with Gasteiger partial charge in [-0.15, -0.1) is 0 Å². The van der Waals surface area contributed by atoms with Crippen LogP contribution in [0, 0.1) is 0 Å². The van der Waals surface area contributed by atoms with Crippen molar-refractivity contribution in [2.24, 2.45) is 0 Å². The summed E-state index contributed by atoms with van der Waals surface area (Å²) >= 11 is 0. The van der Waals surface area contributed by atoms with Gasteiger partial charge in [0, 0.05) is 0 Å². The highest BCUT2D eigenvalue weighted by Gasteiger charge is 1.81. The highest BCUT2D eigenvalue weighted by Crippen LogP contribution is 1.39. The largest absolute Gasteiger partial charge is 0.476 e. The third-order valence-corrected chi connectivity index (χ3v) is 0.202. The molecular weight excluding hydrogens is 160 g/mol. The van der Waals surface area contributed by atoms with E-state index in [0.29, 0.717) is 0 Å². The van der Waals surface area contributed by atoms with Crippen LogP contribution in [-0.2, 0) is 19.2 Å². The molecule has 7 nitrogen and oxygen atoms in total. The Balaban J connectivity index is -0.000000107. The zero-order chi connectivity index (χ0) is 8.57. The van der Waals surface area contributed by atoms with E-state index in [0.717, 1.165) is 0 Å². The molecule has 0 aromatic rings. The molecule has 0 rings (SSSR count). The van der Waals surface area contributed by atoms with Crippen molar-refractivity contribution in [2.75, 3.05) is 0 Å². The van der Waals surface area contributed by atoms with Gasteiger partial charge in [-0.2, -0.15) is 0 Å². The molecule has 0 amide bonds. The molecule has 0 saturated carbocycles. The number of carbonyl (C=O) groups is 4. The Morgan fingerprint density at radius 1 is 0.909 bits per heavy atom. The number of carboxylic acids is 2. The Bertz CT molecular complexity index is 131. The zero-order valence-electron chi connectivity index (χ0n) is 5.18. The van der Waals surface area contributed by atoms with E-state index in [1.165, 1.54) is 0 Å². The van der Waals surface area contributed by atoms with Crippen molar-refractivity contribution in [2.45, 2.75) is 0 Å². The molecule has 0 heterocycles. The molecule has 4 N–H and O–H groups in total. The molecule has 0 bridgehead atoms. The molecule has 64 valence electrons. The van der Waals surface area contributed by atoms with Crippen molar-refractivity contribution < 1.29 is 34.9 Å². The highest BCUT2D eigenvalue weighted by atomic mass is 16.4. The SMILES string of the molecule is O.O=CC(=O)O.O=CC(=O)O. The van der Waals surface area contributed by atoms with Crippen molar-refractivity contribution in [3.05, 3.63) is 0 Å². The predicted octanol–water partition coefficient (Wildman–Crippen LogP) is -2.28. The molecule has 0 spiro atoms. The number of aldehydes is 2. The van der Waals surface area contributed by atoms with Crippen LogP contribution in [0.1, 0.15) is 0 Å². The smallest absolute Gasteiger partial charge is 0.368 e. The van der Waals surface area contributed by atoms with Crippen LogP contribution in [0.4, 0.5) is 0 Å². The van der Waals surface area contributed by atoms with Gasteiger partial charge in [0.25, 0.3) is 0 Å². The molecule has 0 fully saturated rings. The molecule has 0 radical (unpaired) electrons. The maximum atomic E-state index is 9.00. The summed E-state index contributed by atoms with van der Waals surface area (Å²) in [5, 5.41) is 14.7. The second-order valence-electron chi connectivity index (χ2n) is 0.912. The van der Waals surface area contributed by atoms with Crippen LogP contribution in [0.15, 0.2) is 0 Å². The van der Waals surface area contributed by atoms with Crippen LogP contribution in [0.25, 0.3) is 0 Å². The standard InChI is InChI=1S/2C2H2O3.H2O/c2*3-1-2(4)5;/h2*1H,(H,4,5);1H2. The number of carboxylic acid groups (broad SMARTS) is 2. The van der Waals surface area contributed by atoms with Crippen molar-refractivity contribution in [3.8, 4) is 0 Å². The van der Waals surface area contributed by atoms with Gasteiger partial charge in [0.15, 0.2) is 0 Å². The van der Waals surface area contributed by atoms with Gasteiger partial charge < -0.3 is 15.7 Å². The molecule has 7 heteroatoms. The molecule has 0 aliphatic heterocycles. The summed E-state index contributed by atoms with van der Waals surface area (Å²) < 4.78 is 0. The van der Waals surface area contributed by atoms with E-state index in [1.54, 1.807) is 0 Å². The Hall–Kier alpha value is -1.76. The summed E-state index contributed by atoms with van der Waals surface area (Å²) in [5.74, 6) is -2.85. The van der Waals surface area contributed by atoms with Gasteiger partial charge in [-0.25, -0.2) is 9.59 Å². The van der Waals surface area contributed by atoms with Gasteiger partial charge in [0.2, 0.25) is 12.6 Å². The van der Waals surface area contributed by atoms with E-state index in [1.807, 2.05) is 0 Å². The summed E-state index contributed by atoms with van der Waals surface area (Å²) in [4.78, 5) is 35.8. The fraction of sp³-hybridized carbons (Fsp3) is 0. The maximum Gasteiger partial charge on any atom is 0.368 e. The summed E-state index contributed by atoms with van der Waals surface area (Å²) in [5.41, 5.74) is 0. The number of aliphatic carboxylic acids is 2. The number of carbonyl (C=O) groups excluding carboxylic acids is 2. The molecule has 0 aromatic carbocycles. The monoisotopic (exact) mass is 166 g/mol. The van der Waals surface area contributed by atoms with Gasteiger partial charge >= 0.3 is 11.9 Å². The average molecular weight is 166 g/mol. The van der Waals surface area contributed by atoms with Crippen molar-refractivity contribution in [3.63, 3.8) is 0 Å². The van der Waals surface area contributed by atoms with E-state index in [4.69, 9.17) is 29.4 Å². The molecule has 0 aliphatic rings. The van der Waals surface area contributed by atoms with Crippen LogP contribution < -0.4 is 0 Å². The number of hydrogen-bond acceptors (Lipinski definition) is 4. The quantitative estimate of drug-likeness (QED) is 0.349. The summed E-state index contributed by atoms with van der Waals surface area (Å²) in [6.07, 6.45) is -0.333. The fourth-order valence-electron chi connectivity index (χ4n) is 0. The second kappa shape index (κ2) is 11.1. The molecule has 0 aliphatic carbocycles.